The van der Waals surface area contributed by atoms with Gasteiger partial charge in [0.25, 0.3) is 0 Å². The highest BCUT2D eigenvalue weighted by atomic mass is 32.2. The molecular weight excluding hydrogens is 292 g/mol. The molecule has 0 amide bonds. The maximum atomic E-state index is 11.4. The Balaban J connectivity index is 1.89. The van der Waals surface area contributed by atoms with E-state index in [4.69, 9.17) is 4.42 Å². The third-order valence-corrected chi connectivity index (χ3v) is 4.10. The molecule has 1 atom stereocenters. The van der Waals surface area contributed by atoms with Crippen LogP contribution in [0.3, 0.4) is 0 Å². The minimum Gasteiger partial charge on any atom is -0.445 e. The van der Waals surface area contributed by atoms with Gasteiger partial charge in [-0.2, -0.15) is 0 Å². The Morgan fingerprint density at radius 3 is 2.52 bits per heavy atom. The van der Waals surface area contributed by atoms with E-state index in [1.807, 2.05) is 6.92 Å². The number of nitrogens with one attached hydrogen (secondary N) is 1. The van der Waals surface area contributed by atoms with Gasteiger partial charge >= 0.3 is 0 Å². The van der Waals surface area contributed by atoms with Crippen LogP contribution < -0.4 is 5.32 Å². The highest BCUT2D eigenvalue weighted by molar-refractivity contribution is 7.90. The topological polar surface area (TPSA) is 92.4 Å². The van der Waals surface area contributed by atoms with E-state index >= 15 is 0 Å². The number of rotatable bonds is 6. The van der Waals surface area contributed by atoms with Crippen LogP contribution in [-0.2, 0) is 16.4 Å². The molecule has 1 unspecified atom stereocenters. The Bertz CT molecular complexity index is 692. The van der Waals surface area contributed by atoms with E-state index in [0.29, 0.717) is 24.5 Å². The molecule has 0 radical (unpaired) electrons. The average Bonchev–Trinajstić information content (AvgIpc) is 2.83. The molecule has 0 saturated carbocycles. The molecule has 0 aliphatic rings. The van der Waals surface area contributed by atoms with Gasteiger partial charge in [0.15, 0.2) is 9.84 Å². The minimum atomic E-state index is -3.21. The lowest BCUT2D eigenvalue weighted by Gasteiger charge is -2.11. The van der Waals surface area contributed by atoms with E-state index in [0.717, 1.165) is 12.0 Å². The standard InChI is InChI=1S/C14H18N2O4S/c1-10-7-16-14(20-10)9-15-8-13(17)11-3-5-12(6-4-11)21(2,18)19/h3-7,13,15,17H,8-9H2,1-2H3. The number of sulfone groups is 1. The zero-order chi connectivity index (χ0) is 15.5. The zero-order valence-electron chi connectivity index (χ0n) is 11.9. The van der Waals surface area contributed by atoms with Crippen LogP contribution in [0.1, 0.15) is 23.3 Å². The number of oxazole rings is 1. The molecule has 1 aromatic heterocycles. The first-order chi connectivity index (χ1) is 9.86. The summed E-state index contributed by atoms with van der Waals surface area (Å²) < 4.78 is 28.0. The Labute approximate surface area is 123 Å². The van der Waals surface area contributed by atoms with Gasteiger partial charge in [-0.15, -0.1) is 0 Å². The number of nitrogens with zero attached hydrogens (tertiary/aromatic N) is 1. The summed E-state index contributed by atoms with van der Waals surface area (Å²) >= 11 is 0. The molecule has 0 fully saturated rings. The van der Waals surface area contributed by atoms with Crippen molar-refractivity contribution in [2.24, 2.45) is 0 Å². The molecule has 6 nitrogen and oxygen atoms in total. The second kappa shape index (κ2) is 6.38. The highest BCUT2D eigenvalue weighted by Crippen LogP contribution is 2.16. The summed E-state index contributed by atoms with van der Waals surface area (Å²) in [7, 11) is -3.21. The lowest BCUT2D eigenvalue weighted by atomic mass is 10.1. The molecule has 0 aliphatic carbocycles. The number of aryl methyl sites for hydroxylation is 1. The Morgan fingerprint density at radius 1 is 1.33 bits per heavy atom. The number of hydrogen-bond donors (Lipinski definition) is 2. The van der Waals surface area contributed by atoms with Crippen LogP contribution in [0.15, 0.2) is 39.8 Å². The van der Waals surface area contributed by atoms with Crippen molar-refractivity contribution >= 4 is 9.84 Å². The monoisotopic (exact) mass is 310 g/mol. The van der Waals surface area contributed by atoms with Crippen LogP contribution in [0.5, 0.6) is 0 Å². The maximum Gasteiger partial charge on any atom is 0.208 e. The average molecular weight is 310 g/mol. The van der Waals surface area contributed by atoms with E-state index in [9.17, 15) is 13.5 Å². The Hall–Kier alpha value is -1.70. The van der Waals surface area contributed by atoms with Crippen molar-refractivity contribution in [2.75, 3.05) is 12.8 Å². The van der Waals surface area contributed by atoms with Gasteiger partial charge in [-0.25, -0.2) is 13.4 Å². The van der Waals surface area contributed by atoms with Gasteiger partial charge in [-0.1, -0.05) is 12.1 Å². The molecule has 2 rings (SSSR count). The van der Waals surface area contributed by atoms with E-state index in [2.05, 4.69) is 10.3 Å². The number of aromatic nitrogens is 1. The summed E-state index contributed by atoms with van der Waals surface area (Å²) in [4.78, 5) is 4.28. The molecule has 0 spiro atoms. The molecule has 1 heterocycles. The minimum absolute atomic E-state index is 0.238. The van der Waals surface area contributed by atoms with Crippen LogP contribution in [0.2, 0.25) is 0 Å². The molecule has 114 valence electrons. The SMILES string of the molecule is Cc1cnc(CNCC(O)c2ccc(S(C)(=O)=O)cc2)o1. The highest BCUT2D eigenvalue weighted by Gasteiger charge is 2.11. The third-order valence-electron chi connectivity index (χ3n) is 2.98. The smallest absolute Gasteiger partial charge is 0.208 e. The molecule has 0 bridgehead atoms. The van der Waals surface area contributed by atoms with Gasteiger partial charge in [0.1, 0.15) is 5.76 Å². The predicted octanol–water partition coefficient (Wildman–Crippen LogP) is 1.21. The molecule has 21 heavy (non-hydrogen) atoms. The largest absolute Gasteiger partial charge is 0.445 e. The fraction of sp³-hybridized carbons (Fsp3) is 0.357. The van der Waals surface area contributed by atoms with Crippen LogP contribution in [0.25, 0.3) is 0 Å². The normalized spacial score (nSPS) is 13.3. The summed E-state index contributed by atoms with van der Waals surface area (Å²) in [5, 5.41) is 13.1. The number of aliphatic hydroxyl groups is 1. The predicted molar refractivity (Wildman–Crippen MR) is 77.5 cm³/mol. The van der Waals surface area contributed by atoms with Crippen LogP contribution in [-0.4, -0.2) is 31.3 Å². The van der Waals surface area contributed by atoms with Crippen molar-refractivity contribution in [1.82, 2.24) is 10.3 Å². The summed E-state index contributed by atoms with van der Waals surface area (Å²) in [6, 6.07) is 6.20. The summed E-state index contributed by atoms with van der Waals surface area (Å²) in [6.45, 7) is 2.56. The Morgan fingerprint density at radius 2 is 2.00 bits per heavy atom. The number of aliphatic hydroxyl groups excluding tert-OH is 1. The zero-order valence-corrected chi connectivity index (χ0v) is 12.7. The van der Waals surface area contributed by atoms with Crippen molar-refractivity contribution in [1.29, 1.82) is 0 Å². The summed E-state index contributed by atoms with van der Waals surface area (Å²) in [5.41, 5.74) is 0.651. The molecule has 0 aliphatic heterocycles. The lowest BCUT2D eigenvalue weighted by molar-refractivity contribution is 0.173. The van der Waals surface area contributed by atoms with E-state index in [1.165, 1.54) is 12.1 Å². The quantitative estimate of drug-likeness (QED) is 0.833. The first-order valence-corrected chi connectivity index (χ1v) is 8.35. The van der Waals surface area contributed by atoms with Crippen molar-refractivity contribution in [3.05, 3.63) is 47.7 Å². The van der Waals surface area contributed by atoms with Gasteiger partial charge < -0.3 is 14.8 Å². The fourth-order valence-corrected chi connectivity index (χ4v) is 2.48. The first kappa shape index (κ1) is 15.7. The third kappa shape index (κ3) is 4.38. The Kier molecular flexibility index (Phi) is 4.76. The summed E-state index contributed by atoms with van der Waals surface area (Å²) in [6.07, 6.45) is 2.06. The number of benzene rings is 1. The summed E-state index contributed by atoms with van der Waals surface area (Å²) in [5.74, 6) is 1.30. The van der Waals surface area contributed by atoms with E-state index < -0.39 is 15.9 Å². The van der Waals surface area contributed by atoms with Crippen molar-refractivity contribution in [2.45, 2.75) is 24.5 Å². The molecule has 7 heteroatoms. The van der Waals surface area contributed by atoms with Crippen LogP contribution >= 0.6 is 0 Å². The van der Waals surface area contributed by atoms with Gasteiger partial charge in [0.2, 0.25) is 5.89 Å². The van der Waals surface area contributed by atoms with Gasteiger partial charge in [-0.05, 0) is 24.6 Å². The van der Waals surface area contributed by atoms with Gasteiger partial charge in [0, 0.05) is 12.8 Å². The number of hydrogen-bond acceptors (Lipinski definition) is 6. The molecule has 1 aromatic carbocycles. The fourth-order valence-electron chi connectivity index (χ4n) is 1.85. The molecule has 2 N–H and O–H groups in total. The first-order valence-electron chi connectivity index (χ1n) is 6.46. The molecule has 2 aromatic rings. The van der Waals surface area contributed by atoms with Crippen molar-refractivity contribution in [3.8, 4) is 0 Å². The van der Waals surface area contributed by atoms with Crippen LogP contribution in [0.4, 0.5) is 0 Å². The molecule has 0 saturated heterocycles. The second-order valence-corrected chi connectivity index (χ2v) is 6.87. The van der Waals surface area contributed by atoms with Crippen LogP contribution in [0, 0.1) is 6.92 Å². The van der Waals surface area contributed by atoms with E-state index in [-0.39, 0.29) is 4.90 Å². The van der Waals surface area contributed by atoms with E-state index in [1.54, 1.807) is 18.3 Å². The van der Waals surface area contributed by atoms with Crippen molar-refractivity contribution < 1.29 is 17.9 Å². The van der Waals surface area contributed by atoms with Gasteiger partial charge in [0.05, 0.1) is 23.7 Å². The second-order valence-electron chi connectivity index (χ2n) is 4.85. The van der Waals surface area contributed by atoms with Gasteiger partial charge in [-0.3, -0.25) is 0 Å². The van der Waals surface area contributed by atoms with Crippen molar-refractivity contribution in [3.63, 3.8) is 0 Å². The molecular formula is C14H18N2O4S. The lowest BCUT2D eigenvalue weighted by Crippen LogP contribution is -2.21. The maximum absolute atomic E-state index is 11.4.